The van der Waals surface area contributed by atoms with Crippen LogP contribution < -0.4 is 16.4 Å². The number of aliphatic carboxylic acids is 1. The number of nitrogens with two attached hydrogens (primary N) is 1. The predicted octanol–water partition coefficient (Wildman–Crippen LogP) is -0.508. The number of carboxylic acids is 1. The molecule has 5 N–H and O–H groups in total. The zero-order valence-electron chi connectivity index (χ0n) is 9.78. The van der Waals surface area contributed by atoms with Crippen LogP contribution in [0.5, 0.6) is 0 Å². The summed E-state index contributed by atoms with van der Waals surface area (Å²) in [5.74, 6) is -1.00. The van der Waals surface area contributed by atoms with Crippen molar-refractivity contribution < 1.29 is 24.2 Å². The molecule has 0 heterocycles. The molecule has 0 aromatic carbocycles. The number of rotatable bonds is 6. The number of urea groups is 1. The molecule has 0 aromatic rings. The van der Waals surface area contributed by atoms with Gasteiger partial charge in [0.2, 0.25) is 0 Å². The lowest BCUT2D eigenvalue weighted by Crippen LogP contribution is -2.44. The maximum absolute atomic E-state index is 11.2. The number of nitrogens with one attached hydrogen (secondary N) is 2. The van der Waals surface area contributed by atoms with E-state index < -0.39 is 23.5 Å². The monoisotopic (exact) mass is 247 g/mol. The summed E-state index contributed by atoms with van der Waals surface area (Å²) in [5.41, 5.74) is 3.66. The van der Waals surface area contributed by atoms with Gasteiger partial charge in [-0.1, -0.05) is 0 Å². The molecule has 0 saturated carbocycles. The molecule has 0 atom stereocenters. The normalized spacial score (nSPS) is 10.5. The van der Waals surface area contributed by atoms with Crippen molar-refractivity contribution in [3.05, 3.63) is 0 Å². The van der Waals surface area contributed by atoms with E-state index in [4.69, 9.17) is 10.8 Å². The molecular formula is C9H17N3O5. The van der Waals surface area contributed by atoms with Gasteiger partial charge in [0.25, 0.3) is 0 Å². The summed E-state index contributed by atoms with van der Waals surface area (Å²) in [7, 11) is 0. The molecule has 0 bridgehead atoms. The first-order chi connectivity index (χ1) is 7.75. The fourth-order valence-electron chi connectivity index (χ4n) is 0.756. The van der Waals surface area contributed by atoms with E-state index in [0.717, 1.165) is 0 Å². The summed E-state index contributed by atoms with van der Waals surface area (Å²) in [6.45, 7) is 3.04. The van der Waals surface area contributed by atoms with Crippen molar-refractivity contribution in [2.24, 2.45) is 11.1 Å². The van der Waals surface area contributed by atoms with Crippen molar-refractivity contribution in [2.75, 3.05) is 19.7 Å². The number of primary amides is 1. The highest BCUT2D eigenvalue weighted by Gasteiger charge is 2.27. The van der Waals surface area contributed by atoms with E-state index in [0.29, 0.717) is 0 Å². The summed E-state index contributed by atoms with van der Waals surface area (Å²) in [4.78, 5) is 32.1. The molecule has 0 radical (unpaired) electrons. The van der Waals surface area contributed by atoms with Gasteiger partial charge in [-0.3, -0.25) is 4.79 Å². The minimum Gasteiger partial charge on any atom is -0.481 e. The molecule has 17 heavy (non-hydrogen) atoms. The highest BCUT2D eigenvalue weighted by atomic mass is 16.5. The standard InChI is InChI=1S/C9H17N3O5/c1-9(2,6(13)14)5-12-8(16)11-3-4-17-7(10)15/h3-5H2,1-2H3,(H2,10,15)(H,13,14)(H2,11,12,16). The first-order valence-electron chi connectivity index (χ1n) is 4.93. The smallest absolute Gasteiger partial charge is 0.404 e. The van der Waals surface area contributed by atoms with Gasteiger partial charge in [-0.25, -0.2) is 9.59 Å². The van der Waals surface area contributed by atoms with Gasteiger partial charge in [0, 0.05) is 6.54 Å². The molecule has 0 aliphatic heterocycles. The van der Waals surface area contributed by atoms with Crippen LogP contribution in [0, 0.1) is 5.41 Å². The van der Waals surface area contributed by atoms with Crippen LogP contribution in [0.1, 0.15) is 13.8 Å². The first-order valence-corrected chi connectivity index (χ1v) is 4.93. The highest BCUT2D eigenvalue weighted by molar-refractivity contribution is 5.77. The fraction of sp³-hybridized carbons (Fsp3) is 0.667. The molecule has 3 amide bonds. The number of carbonyl (C=O) groups excluding carboxylic acids is 2. The van der Waals surface area contributed by atoms with E-state index in [1.54, 1.807) is 0 Å². The summed E-state index contributed by atoms with van der Waals surface area (Å²) in [6.07, 6.45) is -0.917. The number of ether oxygens (including phenoxy) is 1. The second-order valence-electron chi connectivity index (χ2n) is 3.97. The number of hydrogen-bond donors (Lipinski definition) is 4. The Morgan fingerprint density at radius 3 is 2.35 bits per heavy atom. The lowest BCUT2D eigenvalue weighted by atomic mass is 9.94. The molecular weight excluding hydrogens is 230 g/mol. The summed E-state index contributed by atoms with van der Waals surface area (Å²) in [6, 6.07) is -0.535. The average Bonchev–Trinajstić information content (AvgIpc) is 2.21. The fourth-order valence-corrected chi connectivity index (χ4v) is 0.756. The van der Waals surface area contributed by atoms with Crippen molar-refractivity contribution in [3.63, 3.8) is 0 Å². The Kier molecular flexibility index (Phi) is 5.79. The van der Waals surface area contributed by atoms with Crippen molar-refractivity contribution >= 4 is 18.1 Å². The van der Waals surface area contributed by atoms with Gasteiger partial charge < -0.3 is 26.2 Å². The molecule has 8 heteroatoms. The summed E-state index contributed by atoms with van der Waals surface area (Å²) in [5, 5.41) is 13.5. The van der Waals surface area contributed by atoms with Gasteiger partial charge in [-0.05, 0) is 13.8 Å². The minimum atomic E-state index is -1.04. The zero-order chi connectivity index (χ0) is 13.5. The van der Waals surface area contributed by atoms with Crippen molar-refractivity contribution in [1.29, 1.82) is 0 Å². The Morgan fingerprint density at radius 1 is 1.29 bits per heavy atom. The van der Waals surface area contributed by atoms with E-state index in [1.165, 1.54) is 13.8 Å². The van der Waals surface area contributed by atoms with Gasteiger partial charge in [0.05, 0.1) is 12.0 Å². The van der Waals surface area contributed by atoms with Crippen LogP contribution in [0.3, 0.4) is 0 Å². The third-order valence-corrected chi connectivity index (χ3v) is 1.90. The quantitative estimate of drug-likeness (QED) is 0.469. The van der Waals surface area contributed by atoms with Gasteiger partial charge in [0.1, 0.15) is 6.61 Å². The van der Waals surface area contributed by atoms with E-state index in [1.807, 2.05) is 0 Å². The van der Waals surface area contributed by atoms with Gasteiger partial charge in [-0.2, -0.15) is 0 Å². The van der Waals surface area contributed by atoms with E-state index >= 15 is 0 Å². The lowest BCUT2D eigenvalue weighted by Gasteiger charge is -2.19. The molecule has 0 aliphatic carbocycles. The van der Waals surface area contributed by atoms with Crippen LogP contribution in [0.15, 0.2) is 0 Å². The Balaban J connectivity index is 3.74. The molecule has 0 saturated heterocycles. The predicted molar refractivity (Wildman–Crippen MR) is 58.4 cm³/mol. The third kappa shape index (κ3) is 6.98. The Bertz CT molecular complexity index is 303. The maximum atomic E-state index is 11.2. The van der Waals surface area contributed by atoms with Crippen LogP contribution in [0.25, 0.3) is 0 Å². The molecule has 98 valence electrons. The molecule has 0 unspecified atom stereocenters. The maximum Gasteiger partial charge on any atom is 0.404 e. The van der Waals surface area contributed by atoms with Crippen molar-refractivity contribution in [1.82, 2.24) is 10.6 Å². The SMILES string of the molecule is CC(C)(CNC(=O)NCCOC(N)=O)C(=O)O. The molecule has 8 nitrogen and oxygen atoms in total. The third-order valence-electron chi connectivity index (χ3n) is 1.90. The van der Waals surface area contributed by atoms with Crippen LogP contribution in [0.4, 0.5) is 9.59 Å². The van der Waals surface area contributed by atoms with E-state index in [9.17, 15) is 14.4 Å². The number of hydrogen-bond acceptors (Lipinski definition) is 4. The van der Waals surface area contributed by atoms with Gasteiger partial charge >= 0.3 is 18.1 Å². The van der Waals surface area contributed by atoms with Crippen molar-refractivity contribution in [2.45, 2.75) is 13.8 Å². The van der Waals surface area contributed by atoms with E-state index in [2.05, 4.69) is 15.4 Å². The first kappa shape index (κ1) is 15.0. The molecule has 0 aromatic heterocycles. The Hall–Kier alpha value is -1.99. The van der Waals surface area contributed by atoms with Crippen LogP contribution >= 0.6 is 0 Å². The highest BCUT2D eigenvalue weighted by Crippen LogP contribution is 2.12. The molecule has 0 spiro atoms. The summed E-state index contributed by atoms with van der Waals surface area (Å²) < 4.78 is 4.38. The van der Waals surface area contributed by atoms with Gasteiger partial charge in [0.15, 0.2) is 0 Å². The largest absolute Gasteiger partial charge is 0.481 e. The summed E-state index contributed by atoms with van der Waals surface area (Å²) >= 11 is 0. The van der Waals surface area contributed by atoms with Gasteiger partial charge in [-0.15, -0.1) is 0 Å². The molecule has 0 aliphatic rings. The van der Waals surface area contributed by atoms with Crippen molar-refractivity contribution in [3.8, 4) is 0 Å². The number of carbonyl (C=O) groups is 3. The Morgan fingerprint density at radius 2 is 1.88 bits per heavy atom. The van der Waals surface area contributed by atoms with Crippen LogP contribution in [0.2, 0.25) is 0 Å². The minimum absolute atomic E-state index is 0.00908. The number of amides is 3. The van der Waals surface area contributed by atoms with Crippen LogP contribution in [-0.4, -0.2) is 42.9 Å². The second-order valence-corrected chi connectivity index (χ2v) is 3.97. The zero-order valence-corrected chi connectivity index (χ0v) is 9.78. The number of carboxylic acid groups (broad SMARTS) is 1. The Labute approximate surface area is 98.5 Å². The van der Waals surface area contributed by atoms with Crippen LogP contribution in [-0.2, 0) is 9.53 Å². The van der Waals surface area contributed by atoms with E-state index in [-0.39, 0.29) is 19.7 Å². The molecule has 0 rings (SSSR count). The molecule has 0 fully saturated rings. The lowest BCUT2D eigenvalue weighted by molar-refractivity contribution is -0.146. The second kappa shape index (κ2) is 6.56. The topological polar surface area (TPSA) is 131 Å². The average molecular weight is 247 g/mol.